The van der Waals surface area contributed by atoms with Crippen molar-refractivity contribution in [3.05, 3.63) is 33.8 Å². The molecule has 0 aliphatic rings. The number of likely N-dealkylation sites (N-methyl/N-ethyl adjacent to an activating group) is 1. The molecule has 0 spiro atoms. The molecule has 0 saturated carbocycles. The van der Waals surface area contributed by atoms with Crippen molar-refractivity contribution in [2.75, 3.05) is 26.2 Å². The number of hydrogen-bond acceptors (Lipinski definition) is 2. The zero-order valence-electron chi connectivity index (χ0n) is 11.3. The van der Waals surface area contributed by atoms with E-state index in [1.807, 2.05) is 18.2 Å². The van der Waals surface area contributed by atoms with Crippen LogP contribution in [0.4, 0.5) is 0 Å². The summed E-state index contributed by atoms with van der Waals surface area (Å²) in [6.45, 7) is 10.8. The van der Waals surface area contributed by atoms with Crippen molar-refractivity contribution in [3.63, 3.8) is 0 Å². The third-order valence-electron chi connectivity index (χ3n) is 3.22. The lowest BCUT2D eigenvalue weighted by atomic mass is 10.1. The Morgan fingerprint density at radius 3 is 2.39 bits per heavy atom. The molecule has 1 aromatic rings. The molecule has 1 N–H and O–H groups in total. The Bertz CT molecular complexity index is 365. The van der Waals surface area contributed by atoms with Crippen molar-refractivity contribution < 1.29 is 0 Å². The SMILES string of the molecule is CCN(CC)CCNC(C)c1ccc(Cl)c(Cl)c1. The number of halogens is 2. The summed E-state index contributed by atoms with van der Waals surface area (Å²) >= 11 is 11.9. The van der Waals surface area contributed by atoms with E-state index in [-0.39, 0.29) is 6.04 Å². The van der Waals surface area contributed by atoms with E-state index in [0.29, 0.717) is 10.0 Å². The fourth-order valence-corrected chi connectivity index (χ4v) is 2.19. The summed E-state index contributed by atoms with van der Waals surface area (Å²) in [5.74, 6) is 0. The van der Waals surface area contributed by atoms with Crippen LogP contribution in [0.15, 0.2) is 18.2 Å². The molecule has 0 aliphatic heterocycles. The second-order valence-electron chi connectivity index (χ2n) is 4.38. The van der Waals surface area contributed by atoms with E-state index in [2.05, 4.69) is 31.0 Å². The van der Waals surface area contributed by atoms with E-state index in [9.17, 15) is 0 Å². The smallest absolute Gasteiger partial charge is 0.0595 e. The van der Waals surface area contributed by atoms with Crippen LogP contribution in [0.25, 0.3) is 0 Å². The molecule has 0 saturated heterocycles. The van der Waals surface area contributed by atoms with Gasteiger partial charge in [-0.3, -0.25) is 0 Å². The zero-order chi connectivity index (χ0) is 13.5. The van der Waals surface area contributed by atoms with Gasteiger partial charge in [0.25, 0.3) is 0 Å². The predicted molar refractivity (Wildman–Crippen MR) is 80.7 cm³/mol. The first-order valence-corrected chi connectivity index (χ1v) is 7.24. The van der Waals surface area contributed by atoms with Gasteiger partial charge in [0.05, 0.1) is 10.0 Å². The van der Waals surface area contributed by atoms with Crippen molar-refractivity contribution in [2.45, 2.75) is 26.8 Å². The summed E-state index contributed by atoms with van der Waals surface area (Å²) in [7, 11) is 0. The quantitative estimate of drug-likeness (QED) is 0.816. The lowest BCUT2D eigenvalue weighted by Crippen LogP contribution is -2.33. The number of benzene rings is 1. The van der Waals surface area contributed by atoms with Gasteiger partial charge >= 0.3 is 0 Å². The van der Waals surface area contributed by atoms with Crippen molar-refractivity contribution in [3.8, 4) is 0 Å². The van der Waals surface area contributed by atoms with Crippen LogP contribution < -0.4 is 5.32 Å². The molecule has 4 heteroatoms. The van der Waals surface area contributed by atoms with E-state index in [1.165, 1.54) is 5.56 Å². The summed E-state index contributed by atoms with van der Waals surface area (Å²) in [5.41, 5.74) is 1.17. The molecule has 0 radical (unpaired) electrons. The minimum Gasteiger partial charge on any atom is -0.309 e. The molecule has 0 bridgehead atoms. The molecule has 1 rings (SSSR count). The number of nitrogens with zero attached hydrogens (tertiary/aromatic N) is 1. The lowest BCUT2D eigenvalue weighted by molar-refractivity contribution is 0.298. The van der Waals surface area contributed by atoms with Gasteiger partial charge in [-0.1, -0.05) is 43.1 Å². The Morgan fingerprint density at radius 2 is 1.83 bits per heavy atom. The third kappa shape index (κ3) is 4.77. The van der Waals surface area contributed by atoms with Gasteiger partial charge in [0, 0.05) is 19.1 Å². The van der Waals surface area contributed by atoms with Crippen LogP contribution in [0.5, 0.6) is 0 Å². The first-order valence-electron chi connectivity index (χ1n) is 6.49. The number of rotatable bonds is 7. The summed E-state index contributed by atoms with van der Waals surface area (Å²) in [6.07, 6.45) is 0. The second kappa shape index (κ2) is 8.00. The minimum absolute atomic E-state index is 0.287. The van der Waals surface area contributed by atoms with E-state index in [1.54, 1.807) is 0 Å². The average molecular weight is 289 g/mol. The highest BCUT2D eigenvalue weighted by molar-refractivity contribution is 6.42. The maximum absolute atomic E-state index is 6.02. The van der Waals surface area contributed by atoms with E-state index in [0.717, 1.165) is 26.2 Å². The Labute approximate surface area is 120 Å². The average Bonchev–Trinajstić information content (AvgIpc) is 2.37. The molecule has 0 aromatic heterocycles. The molecule has 1 unspecified atom stereocenters. The molecule has 1 atom stereocenters. The highest BCUT2D eigenvalue weighted by Crippen LogP contribution is 2.25. The van der Waals surface area contributed by atoms with Gasteiger partial charge in [-0.2, -0.15) is 0 Å². The Hall–Kier alpha value is -0.280. The topological polar surface area (TPSA) is 15.3 Å². The third-order valence-corrected chi connectivity index (χ3v) is 3.96. The highest BCUT2D eigenvalue weighted by Gasteiger charge is 2.07. The Kier molecular flexibility index (Phi) is 7.02. The Balaban J connectivity index is 2.45. The zero-order valence-corrected chi connectivity index (χ0v) is 12.9. The van der Waals surface area contributed by atoms with Crippen molar-refractivity contribution in [2.24, 2.45) is 0 Å². The molecule has 0 heterocycles. The highest BCUT2D eigenvalue weighted by atomic mass is 35.5. The van der Waals surface area contributed by atoms with Gasteiger partial charge in [0.15, 0.2) is 0 Å². The second-order valence-corrected chi connectivity index (χ2v) is 5.19. The van der Waals surface area contributed by atoms with Gasteiger partial charge in [-0.15, -0.1) is 0 Å². The fourth-order valence-electron chi connectivity index (χ4n) is 1.88. The largest absolute Gasteiger partial charge is 0.309 e. The standard InChI is InChI=1S/C14H22Cl2N2/c1-4-18(5-2)9-8-17-11(3)12-6-7-13(15)14(16)10-12/h6-7,10-11,17H,4-5,8-9H2,1-3H3. The normalized spacial score (nSPS) is 13.0. The molecule has 2 nitrogen and oxygen atoms in total. The minimum atomic E-state index is 0.287. The van der Waals surface area contributed by atoms with Crippen LogP contribution in [0.2, 0.25) is 10.0 Å². The van der Waals surface area contributed by atoms with Gasteiger partial charge in [-0.05, 0) is 37.7 Å². The predicted octanol–water partition coefficient (Wildman–Crippen LogP) is 3.99. The Morgan fingerprint density at radius 1 is 1.17 bits per heavy atom. The van der Waals surface area contributed by atoms with E-state index >= 15 is 0 Å². The maximum Gasteiger partial charge on any atom is 0.0595 e. The van der Waals surface area contributed by atoms with Gasteiger partial charge in [-0.25, -0.2) is 0 Å². The van der Waals surface area contributed by atoms with E-state index < -0.39 is 0 Å². The monoisotopic (exact) mass is 288 g/mol. The summed E-state index contributed by atoms with van der Waals surface area (Å²) in [5, 5.41) is 4.73. The van der Waals surface area contributed by atoms with Crippen LogP contribution in [-0.2, 0) is 0 Å². The van der Waals surface area contributed by atoms with E-state index in [4.69, 9.17) is 23.2 Å². The van der Waals surface area contributed by atoms with Gasteiger partial charge in [0.2, 0.25) is 0 Å². The molecular weight excluding hydrogens is 267 g/mol. The molecule has 1 aromatic carbocycles. The van der Waals surface area contributed by atoms with Gasteiger partial charge in [0.1, 0.15) is 0 Å². The molecular formula is C14H22Cl2N2. The first kappa shape index (κ1) is 15.8. The molecule has 102 valence electrons. The van der Waals surface area contributed by atoms with Crippen LogP contribution in [-0.4, -0.2) is 31.1 Å². The molecule has 18 heavy (non-hydrogen) atoms. The van der Waals surface area contributed by atoms with Crippen LogP contribution >= 0.6 is 23.2 Å². The first-order chi connectivity index (χ1) is 8.58. The van der Waals surface area contributed by atoms with Gasteiger partial charge < -0.3 is 10.2 Å². The number of hydrogen-bond donors (Lipinski definition) is 1. The molecule has 0 amide bonds. The summed E-state index contributed by atoms with van der Waals surface area (Å²) < 4.78 is 0. The van der Waals surface area contributed by atoms with Crippen LogP contribution in [0.3, 0.4) is 0 Å². The van der Waals surface area contributed by atoms with Crippen LogP contribution in [0, 0.1) is 0 Å². The summed E-state index contributed by atoms with van der Waals surface area (Å²) in [6, 6.07) is 6.08. The lowest BCUT2D eigenvalue weighted by Gasteiger charge is -2.20. The molecule has 0 fully saturated rings. The van der Waals surface area contributed by atoms with Crippen LogP contribution in [0.1, 0.15) is 32.4 Å². The van der Waals surface area contributed by atoms with Crippen molar-refractivity contribution in [1.82, 2.24) is 10.2 Å². The maximum atomic E-state index is 6.02. The van der Waals surface area contributed by atoms with Crippen molar-refractivity contribution >= 4 is 23.2 Å². The fraction of sp³-hybridized carbons (Fsp3) is 0.571. The summed E-state index contributed by atoms with van der Waals surface area (Å²) in [4.78, 5) is 2.40. The van der Waals surface area contributed by atoms with Crippen molar-refractivity contribution in [1.29, 1.82) is 0 Å². The number of nitrogens with one attached hydrogen (secondary N) is 1. The molecule has 0 aliphatic carbocycles.